The number of nitrogens with one attached hydrogen (secondary N) is 1. The lowest BCUT2D eigenvalue weighted by molar-refractivity contribution is -0.137. The van der Waals surface area contributed by atoms with E-state index in [-0.39, 0.29) is 12.2 Å². The number of carbonyl (C=O) groups is 1. The Morgan fingerprint density at radius 2 is 1.93 bits per heavy atom. The average molecular weight is 456 g/mol. The maximum Gasteiger partial charge on any atom is 0.303 e. The molecule has 0 unspecified atom stereocenters. The van der Waals surface area contributed by atoms with Crippen molar-refractivity contribution in [1.29, 1.82) is 0 Å². The van der Waals surface area contributed by atoms with E-state index in [0.717, 1.165) is 53.4 Å². The summed E-state index contributed by atoms with van der Waals surface area (Å²) in [5, 5.41) is 8.62. The SMILES string of the molecule is O=C(O)CCCC=CCC1=C(NS(=O)(=O)CCc2ccc(Br)cc2)CCC1. The summed E-state index contributed by atoms with van der Waals surface area (Å²) < 4.78 is 28.6. The van der Waals surface area contributed by atoms with Gasteiger partial charge < -0.3 is 5.11 Å². The summed E-state index contributed by atoms with van der Waals surface area (Å²) in [5.74, 6) is -0.710. The molecule has 0 amide bonds. The molecule has 0 saturated carbocycles. The van der Waals surface area contributed by atoms with Crippen molar-refractivity contribution < 1.29 is 18.3 Å². The van der Waals surface area contributed by atoms with Gasteiger partial charge in [-0.15, -0.1) is 0 Å². The lowest BCUT2D eigenvalue weighted by atomic mass is 10.1. The third-order valence-corrected chi connectivity index (χ3v) is 6.30. The Bertz CT molecular complexity index is 798. The maximum absolute atomic E-state index is 12.4. The Kier molecular flexibility index (Phi) is 8.57. The van der Waals surface area contributed by atoms with Crippen molar-refractivity contribution in [1.82, 2.24) is 4.72 Å². The zero-order valence-electron chi connectivity index (χ0n) is 15.3. The third kappa shape index (κ3) is 8.30. The molecule has 2 rings (SSSR count). The fourth-order valence-corrected chi connectivity index (χ4v) is 4.50. The van der Waals surface area contributed by atoms with Crippen molar-refractivity contribution in [2.75, 3.05) is 5.75 Å². The highest BCUT2D eigenvalue weighted by atomic mass is 79.9. The number of allylic oxidation sites excluding steroid dienone is 4. The highest BCUT2D eigenvalue weighted by molar-refractivity contribution is 9.10. The summed E-state index contributed by atoms with van der Waals surface area (Å²) in [4.78, 5) is 10.5. The van der Waals surface area contributed by atoms with Gasteiger partial charge in [-0.25, -0.2) is 8.42 Å². The largest absolute Gasteiger partial charge is 0.481 e. The van der Waals surface area contributed by atoms with Crippen molar-refractivity contribution in [2.24, 2.45) is 0 Å². The summed E-state index contributed by atoms with van der Waals surface area (Å²) in [6, 6.07) is 7.68. The number of halogens is 1. The molecule has 0 aliphatic heterocycles. The summed E-state index contributed by atoms with van der Waals surface area (Å²) >= 11 is 3.37. The van der Waals surface area contributed by atoms with Gasteiger partial charge in [0.25, 0.3) is 0 Å². The van der Waals surface area contributed by atoms with E-state index in [1.807, 2.05) is 36.4 Å². The van der Waals surface area contributed by atoms with Gasteiger partial charge in [-0.1, -0.05) is 40.2 Å². The van der Waals surface area contributed by atoms with Gasteiger partial charge in [0.1, 0.15) is 0 Å². The monoisotopic (exact) mass is 455 g/mol. The van der Waals surface area contributed by atoms with Gasteiger partial charge in [-0.3, -0.25) is 9.52 Å². The van der Waals surface area contributed by atoms with Gasteiger partial charge in [-0.2, -0.15) is 0 Å². The first-order valence-electron chi connectivity index (χ1n) is 9.18. The van der Waals surface area contributed by atoms with Crippen LogP contribution >= 0.6 is 15.9 Å². The summed E-state index contributed by atoms with van der Waals surface area (Å²) in [5.41, 5.74) is 2.96. The molecular formula is C20H26BrNO4S. The number of rotatable bonds is 11. The first-order chi connectivity index (χ1) is 12.9. The van der Waals surface area contributed by atoms with Crippen LogP contribution < -0.4 is 4.72 Å². The molecule has 0 saturated heterocycles. The predicted octanol–water partition coefficient (Wildman–Crippen LogP) is 4.55. The molecule has 148 valence electrons. The van der Waals surface area contributed by atoms with Crippen LogP contribution in [0, 0.1) is 0 Å². The minimum absolute atomic E-state index is 0.0659. The lowest BCUT2D eigenvalue weighted by Gasteiger charge is -2.11. The molecule has 0 heterocycles. The number of unbranched alkanes of at least 4 members (excludes halogenated alkanes) is 1. The lowest BCUT2D eigenvalue weighted by Crippen LogP contribution is -2.26. The third-order valence-electron chi connectivity index (χ3n) is 4.48. The summed E-state index contributed by atoms with van der Waals surface area (Å²) in [6.45, 7) is 0. The van der Waals surface area contributed by atoms with Crippen LogP contribution in [-0.2, 0) is 21.2 Å². The molecule has 0 bridgehead atoms. The van der Waals surface area contributed by atoms with E-state index in [2.05, 4.69) is 20.7 Å². The van der Waals surface area contributed by atoms with E-state index in [4.69, 9.17) is 5.11 Å². The molecule has 1 aliphatic carbocycles. The average Bonchev–Trinajstić information content (AvgIpc) is 3.03. The molecule has 0 aromatic heterocycles. The number of hydrogen-bond donors (Lipinski definition) is 2. The molecular weight excluding hydrogens is 430 g/mol. The molecule has 2 N–H and O–H groups in total. The molecule has 1 aromatic rings. The van der Waals surface area contributed by atoms with Crippen LogP contribution in [0.4, 0.5) is 0 Å². The Hall–Kier alpha value is -1.60. The summed E-state index contributed by atoms with van der Waals surface area (Å²) in [7, 11) is -3.36. The van der Waals surface area contributed by atoms with Crippen LogP contribution in [0.15, 0.2) is 52.2 Å². The number of sulfonamides is 1. The number of aryl methyl sites for hydroxylation is 1. The molecule has 7 heteroatoms. The number of aliphatic carboxylic acids is 1. The van der Waals surface area contributed by atoms with Gasteiger partial charge in [0.15, 0.2) is 0 Å². The Morgan fingerprint density at radius 1 is 1.19 bits per heavy atom. The van der Waals surface area contributed by atoms with E-state index >= 15 is 0 Å². The van der Waals surface area contributed by atoms with Crippen LogP contribution in [0.25, 0.3) is 0 Å². The van der Waals surface area contributed by atoms with Crippen molar-refractivity contribution in [3.8, 4) is 0 Å². The van der Waals surface area contributed by atoms with Gasteiger partial charge in [0.2, 0.25) is 10.0 Å². The van der Waals surface area contributed by atoms with Crippen LogP contribution in [0.3, 0.4) is 0 Å². The fraction of sp³-hybridized carbons (Fsp3) is 0.450. The first-order valence-corrected chi connectivity index (χ1v) is 11.6. The van der Waals surface area contributed by atoms with E-state index in [9.17, 15) is 13.2 Å². The van der Waals surface area contributed by atoms with Crippen molar-refractivity contribution in [2.45, 2.75) is 51.4 Å². The minimum Gasteiger partial charge on any atom is -0.481 e. The Balaban J connectivity index is 1.84. The molecule has 0 radical (unpaired) electrons. The standard InChI is InChI=1S/C20H26BrNO4S/c21-18-12-10-16(11-13-18)14-15-27(25,26)22-19-8-5-7-17(19)6-3-1-2-4-9-20(23)24/h1,3,10-13,22H,2,4-9,14-15H2,(H,23,24). The van der Waals surface area contributed by atoms with E-state index in [0.29, 0.717) is 12.8 Å². The van der Waals surface area contributed by atoms with Crippen LogP contribution in [0.5, 0.6) is 0 Å². The second-order valence-electron chi connectivity index (χ2n) is 6.69. The minimum atomic E-state index is -3.36. The second-order valence-corrected chi connectivity index (χ2v) is 9.45. The van der Waals surface area contributed by atoms with Crippen LogP contribution in [-0.4, -0.2) is 25.2 Å². The second kappa shape index (κ2) is 10.7. The topological polar surface area (TPSA) is 83.5 Å². The van der Waals surface area contributed by atoms with E-state index < -0.39 is 16.0 Å². The van der Waals surface area contributed by atoms with E-state index in [1.165, 1.54) is 0 Å². The molecule has 1 aromatic carbocycles. The van der Waals surface area contributed by atoms with Crippen molar-refractivity contribution in [3.05, 3.63) is 57.7 Å². The van der Waals surface area contributed by atoms with Crippen LogP contribution in [0.1, 0.15) is 50.5 Å². The van der Waals surface area contributed by atoms with Crippen LogP contribution in [0.2, 0.25) is 0 Å². The van der Waals surface area contributed by atoms with E-state index in [1.54, 1.807) is 0 Å². The quantitative estimate of drug-likeness (QED) is 0.378. The zero-order chi connectivity index (χ0) is 19.7. The first kappa shape index (κ1) is 21.7. The molecule has 0 atom stereocenters. The number of benzene rings is 1. The molecule has 27 heavy (non-hydrogen) atoms. The Morgan fingerprint density at radius 3 is 2.63 bits per heavy atom. The van der Waals surface area contributed by atoms with Gasteiger partial charge in [0.05, 0.1) is 5.75 Å². The van der Waals surface area contributed by atoms with Gasteiger partial charge >= 0.3 is 5.97 Å². The van der Waals surface area contributed by atoms with Crippen molar-refractivity contribution >= 4 is 31.9 Å². The molecule has 1 aliphatic rings. The Labute approximate surface area is 169 Å². The zero-order valence-corrected chi connectivity index (χ0v) is 17.7. The van der Waals surface area contributed by atoms with Gasteiger partial charge in [0, 0.05) is 16.6 Å². The van der Waals surface area contributed by atoms with Crippen molar-refractivity contribution in [3.63, 3.8) is 0 Å². The fourth-order valence-electron chi connectivity index (χ4n) is 3.01. The molecule has 5 nitrogen and oxygen atoms in total. The smallest absolute Gasteiger partial charge is 0.303 e. The highest BCUT2D eigenvalue weighted by Gasteiger charge is 2.19. The number of hydrogen-bond acceptors (Lipinski definition) is 3. The molecule has 0 spiro atoms. The number of carboxylic acid groups (broad SMARTS) is 1. The number of carboxylic acids is 1. The molecule has 0 fully saturated rings. The summed E-state index contributed by atoms with van der Waals surface area (Å²) in [6.07, 6.45) is 9.36. The van der Waals surface area contributed by atoms with Gasteiger partial charge in [-0.05, 0) is 68.2 Å². The predicted molar refractivity (Wildman–Crippen MR) is 111 cm³/mol. The maximum atomic E-state index is 12.4. The normalized spacial score (nSPS) is 14.9. The highest BCUT2D eigenvalue weighted by Crippen LogP contribution is 2.27.